The number of hydrogen-bond acceptors (Lipinski definition) is 9. The summed E-state index contributed by atoms with van der Waals surface area (Å²) >= 11 is 0. The zero-order valence-corrected chi connectivity index (χ0v) is 26.2. The molecule has 4 fully saturated rings. The number of aliphatic hydroxyl groups is 2. The Bertz CT molecular complexity index is 1660. The molecule has 1 aliphatic heterocycles. The van der Waals surface area contributed by atoms with Crippen molar-refractivity contribution in [2.24, 2.45) is 28.6 Å². The van der Waals surface area contributed by atoms with Crippen molar-refractivity contribution in [2.75, 3.05) is 19.5 Å². The fourth-order valence-electron chi connectivity index (χ4n) is 9.72. The predicted molar refractivity (Wildman–Crippen MR) is 165 cm³/mol. The lowest BCUT2D eigenvalue weighted by Gasteiger charge is -2.59. The first-order chi connectivity index (χ1) is 22.0. The van der Waals surface area contributed by atoms with E-state index in [0.29, 0.717) is 18.5 Å². The molecule has 1 saturated heterocycles. The molecule has 244 valence electrons. The molecule has 0 bridgehead atoms. The number of carbonyl (C=O) groups is 2. The van der Waals surface area contributed by atoms with Crippen LogP contribution < -0.4 is 15.2 Å². The number of hydrogen-bond donors (Lipinski definition) is 3. The van der Waals surface area contributed by atoms with Crippen molar-refractivity contribution in [3.63, 3.8) is 0 Å². The summed E-state index contributed by atoms with van der Waals surface area (Å²) in [5, 5.41) is 22.2. The zero-order valence-electron chi connectivity index (χ0n) is 26.2. The highest BCUT2D eigenvalue weighted by atomic mass is 19.1. The standard InChI is InChI=1S/C36H40FNO8/c1-34-12-11-22(40)14-20(34)7-8-23-24-15-29-36(28(42)17-39,35(24,2)16-25(41)31(23)34)46-33(45-29)30-26(43-3)9-10-27(32(30)37)44-18-19-5-4-6-21(38)13-19/h4-6,9-14,23-25,29,31,33,39,41H,7-8,15-18,38H2,1-3H3/t23-,24-,25-,29+,31+,33-,34-,35-,36+/m0/s1. The van der Waals surface area contributed by atoms with Crippen LogP contribution >= 0.6 is 0 Å². The Morgan fingerprint density at radius 1 is 1.20 bits per heavy atom. The van der Waals surface area contributed by atoms with Crippen LogP contribution in [0.1, 0.15) is 56.9 Å². The Morgan fingerprint density at radius 2 is 1.98 bits per heavy atom. The summed E-state index contributed by atoms with van der Waals surface area (Å²) in [6.07, 6.45) is 4.34. The van der Waals surface area contributed by atoms with Gasteiger partial charge in [0.1, 0.15) is 19.0 Å². The lowest BCUT2D eigenvalue weighted by Crippen LogP contribution is -2.63. The molecule has 9 nitrogen and oxygen atoms in total. The average Bonchev–Trinajstić information content (AvgIpc) is 3.52. The molecule has 4 N–H and O–H groups in total. The van der Waals surface area contributed by atoms with Crippen LogP contribution in [-0.4, -0.2) is 53.3 Å². The Morgan fingerprint density at radius 3 is 2.72 bits per heavy atom. The fraction of sp³-hybridized carbons (Fsp3) is 0.500. The van der Waals surface area contributed by atoms with Crippen LogP contribution in [0.5, 0.6) is 11.5 Å². The number of benzene rings is 2. The number of ketones is 2. The maximum absolute atomic E-state index is 16.3. The molecule has 2 aromatic rings. The Labute approximate surface area is 267 Å². The third-order valence-electron chi connectivity index (χ3n) is 11.7. The number of carbonyl (C=O) groups excluding carboxylic acids is 2. The van der Waals surface area contributed by atoms with Gasteiger partial charge in [-0.3, -0.25) is 9.59 Å². The quantitative estimate of drug-likeness (QED) is 0.374. The Hall–Kier alpha value is -3.57. The monoisotopic (exact) mass is 633 g/mol. The van der Waals surface area contributed by atoms with E-state index in [1.165, 1.54) is 13.2 Å². The van der Waals surface area contributed by atoms with Crippen molar-refractivity contribution in [3.8, 4) is 11.5 Å². The second kappa shape index (κ2) is 11.0. The molecular weight excluding hydrogens is 593 g/mol. The minimum absolute atomic E-state index is 0.00314. The fourth-order valence-corrected chi connectivity index (χ4v) is 9.72. The van der Waals surface area contributed by atoms with Gasteiger partial charge in [-0.25, -0.2) is 4.39 Å². The van der Waals surface area contributed by atoms with Crippen molar-refractivity contribution in [3.05, 3.63) is 77.1 Å². The third kappa shape index (κ3) is 4.33. The van der Waals surface area contributed by atoms with Crippen LogP contribution in [0, 0.1) is 34.4 Å². The maximum atomic E-state index is 16.3. The first-order valence-electron chi connectivity index (χ1n) is 15.9. The second-order valence-electron chi connectivity index (χ2n) is 13.9. The Kier molecular flexibility index (Phi) is 7.43. The van der Waals surface area contributed by atoms with Crippen LogP contribution in [0.15, 0.2) is 60.2 Å². The predicted octanol–water partition coefficient (Wildman–Crippen LogP) is 4.60. The van der Waals surface area contributed by atoms with Gasteiger partial charge >= 0.3 is 0 Å². The van der Waals surface area contributed by atoms with Crippen molar-refractivity contribution in [2.45, 2.75) is 70.2 Å². The van der Waals surface area contributed by atoms with Gasteiger partial charge in [0.15, 0.2) is 35.0 Å². The maximum Gasteiger partial charge on any atom is 0.193 e. The molecule has 0 unspecified atom stereocenters. The first-order valence-corrected chi connectivity index (χ1v) is 15.9. The van der Waals surface area contributed by atoms with E-state index in [2.05, 4.69) is 6.92 Å². The summed E-state index contributed by atoms with van der Waals surface area (Å²) in [7, 11) is 1.41. The van der Waals surface area contributed by atoms with Crippen LogP contribution in [0.4, 0.5) is 10.1 Å². The molecule has 0 aromatic heterocycles. The number of nitrogen functional groups attached to an aromatic ring is 1. The van der Waals surface area contributed by atoms with Crippen LogP contribution in [0.2, 0.25) is 0 Å². The van der Waals surface area contributed by atoms with Crippen LogP contribution in [0.3, 0.4) is 0 Å². The van der Waals surface area contributed by atoms with Gasteiger partial charge in [0.05, 0.1) is 24.9 Å². The third-order valence-corrected chi connectivity index (χ3v) is 11.7. The van der Waals surface area contributed by atoms with Gasteiger partial charge in [-0.2, -0.15) is 0 Å². The number of nitrogens with two attached hydrogens (primary N) is 1. The number of halogens is 1. The van der Waals surface area contributed by atoms with Crippen molar-refractivity contribution in [1.29, 1.82) is 0 Å². The van der Waals surface area contributed by atoms with Gasteiger partial charge < -0.3 is 34.9 Å². The molecule has 0 amide bonds. The van der Waals surface area contributed by atoms with Gasteiger partial charge in [0.25, 0.3) is 0 Å². The lowest BCUT2D eigenvalue weighted by atomic mass is 9.46. The zero-order chi connectivity index (χ0) is 32.6. The van der Waals surface area contributed by atoms with Crippen LogP contribution in [-0.2, 0) is 25.7 Å². The molecular formula is C36H40FNO8. The summed E-state index contributed by atoms with van der Waals surface area (Å²) < 4.78 is 40.7. The SMILES string of the molecule is COc1ccc(OCc2cccc(N)c2)c(F)c1[C@H]1O[C@@H]2C[C@H]3[C@@H]4CCC5=CC(=O)C=C[C@]5(C)[C@H]4[C@@H](O)C[C@]3(C)[C@]2(C(=O)CO)O1. The minimum Gasteiger partial charge on any atom is -0.496 e. The summed E-state index contributed by atoms with van der Waals surface area (Å²) in [4.78, 5) is 26.1. The molecule has 2 aromatic carbocycles. The van der Waals surface area contributed by atoms with E-state index >= 15 is 4.39 Å². The highest BCUT2D eigenvalue weighted by Crippen LogP contribution is 2.70. The van der Waals surface area contributed by atoms with Gasteiger partial charge in [-0.1, -0.05) is 37.6 Å². The molecule has 5 aliphatic rings. The number of Topliss-reactive ketones (excluding diaryl/α,β-unsaturated/α-hetero) is 1. The smallest absolute Gasteiger partial charge is 0.193 e. The topological polar surface area (TPSA) is 138 Å². The average molecular weight is 634 g/mol. The molecule has 3 saturated carbocycles. The summed E-state index contributed by atoms with van der Waals surface area (Å²) in [6, 6.07) is 10.1. The number of ether oxygens (including phenoxy) is 4. The lowest BCUT2D eigenvalue weighted by molar-refractivity contribution is -0.201. The number of fused-ring (bicyclic) bond motifs is 7. The van der Waals surface area contributed by atoms with Crippen molar-refractivity contribution < 1.29 is 43.1 Å². The molecule has 9 atom stereocenters. The molecule has 0 radical (unpaired) electrons. The summed E-state index contributed by atoms with van der Waals surface area (Å²) in [6.45, 7) is 3.28. The van der Waals surface area contributed by atoms with E-state index in [0.717, 1.165) is 17.6 Å². The number of allylic oxidation sites excluding steroid dienone is 4. The summed E-state index contributed by atoms with van der Waals surface area (Å²) in [5.74, 6) is -1.50. The molecule has 10 heteroatoms. The first kappa shape index (κ1) is 31.1. The van der Waals surface area contributed by atoms with Gasteiger partial charge in [0.2, 0.25) is 0 Å². The number of rotatable bonds is 7. The van der Waals surface area contributed by atoms with E-state index in [1.807, 2.05) is 19.1 Å². The van der Waals surface area contributed by atoms with Gasteiger partial charge in [-0.15, -0.1) is 0 Å². The molecule has 1 heterocycles. The normalized spacial score (nSPS) is 37.5. The Balaban J connectivity index is 1.23. The molecule has 46 heavy (non-hydrogen) atoms. The van der Waals surface area contributed by atoms with E-state index in [9.17, 15) is 19.8 Å². The van der Waals surface area contributed by atoms with Crippen molar-refractivity contribution >= 4 is 17.3 Å². The van der Waals surface area contributed by atoms with Crippen LogP contribution in [0.25, 0.3) is 0 Å². The van der Waals surface area contributed by atoms with Gasteiger partial charge in [-0.05, 0) is 79.5 Å². The molecule has 0 spiro atoms. The minimum atomic E-state index is -1.63. The van der Waals surface area contributed by atoms with Crippen molar-refractivity contribution in [1.82, 2.24) is 0 Å². The molecule has 4 aliphatic carbocycles. The van der Waals surface area contributed by atoms with E-state index in [4.69, 9.17) is 24.7 Å². The molecule has 7 rings (SSSR count). The highest BCUT2D eigenvalue weighted by Gasteiger charge is 2.76. The van der Waals surface area contributed by atoms with E-state index < -0.39 is 53.1 Å². The van der Waals surface area contributed by atoms with Gasteiger partial charge in [0, 0.05) is 22.4 Å². The number of anilines is 1. The largest absolute Gasteiger partial charge is 0.496 e. The number of methoxy groups -OCH3 is 1. The summed E-state index contributed by atoms with van der Waals surface area (Å²) in [5.41, 5.74) is 5.13. The highest BCUT2D eigenvalue weighted by molar-refractivity contribution is 6.01. The number of aliphatic hydroxyl groups excluding tert-OH is 2. The van der Waals surface area contributed by atoms with E-state index in [1.54, 1.807) is 36.4 Å². The second-order valence-corrected chi connectivity index (χ2v) is 13.9. The van der Waals surface area contributed by atoms with E-state index in [-0.39, 0.29) is 53.6 Å².